The minimum absolute atomic E-state index is 0.0225. The van der Waals surface area contributed by atoms with E-state index in [1.54, 1.807) is 6.07 Å². The summed E-state index contributed by atoms with van der Waals surface area (Å²) in [5, 5.41) is 10.2. The minimum Gasteiger partial charge on any atom is -0.489 e. The van der Waals surface area contributed by atoms with Gasteiger partial charge in [-0.15, -0.1) is 0 Å². The summed E-state index contributed by atoms with van der Waals surface area (Å²) >= 11 is 1.05. The highest BCUT2D eigenvalue weighted by Crippen LogP contribution is 2.27. The quantitative estimate of drug-likeness (QED) is 0.412. The number of aryl methyl sites for hydroxylation is 2. The van der Waals surface area contributed by atoms with E-state index in [0.717, 1.165) is 86.4 Å². The second-order valence-electron chi connectivity index (χ2n) is 10.5. The van der Waals surface area contributed by atoms with Crippen LogP contribution in [0.5, 0.6) is 5.75 Å². The second kappa shape index (κ2) is 12.4. The van der Waals surface area contributed by atoms with Gasteiger partial charge in [0, 0.05) is 29.9 Å². The molecule has 1 amide bonds. The fourth-order valence-corrected chi connectivity index (χ4v) is 6.45. The number of pyridine rings is 1. The van der Waals surface area contributed by atoms with Gasteiger partial charge in [0.05, 0.1) is 5.56 Å². The highest BCUT2D eigenvalue weighted by Gasteiger charge is 2.29. The van der Waals surface area contributed by atoms with Gasteiger partial charge in [-0.05, 0) is 100 Å². The zero-order chi connectivity index (χ0) is 27.4. The summed E-state index contributed by atoms with van der Waals surface area (Å²) in [6, 6.07) is 6.21. The number of H-pyrrole nitrogens is 1. The summed E-state index contributed by atoms with van der Waals surface area (Å²) in [7, 11) is 0. The van der Waals surface area contributed by atoms with Crippen LogP contribution in [0.4, 0.5) is 4.39 Å². The topological polar surface area (TPSA) is 100 Å². The summed E-state index contributed by atoms with van der Waals surface area (Å²) in [4.78, 5) is 31.7. The number of likely N-dealkylation sites (tertiary alicyclic amines) is 1. The highest BCUT2D eigenvalue weighted by molar-refractivity contribution is 7.08. The summed E-state index contributed by atoms with van der Waals surface area (Å²) in [5.41, 5.74) is 4.43. The Bertz CT molecular complexity index is 1370. The molecule has 39 heavy (non-hydrogen) atoms. The Morgan fingerprint density at radius 1 is 1.26 bits per heavy atom. The predicted molar refractivity (Wildman–Crippen MR) is 149 cm³/mol. The molecule has 1 aliphatic heterocycles. The van der Waals surface area contributed by atoms with E-state index in [0.29, 0.717) is 23.8 Å². The Morgan fingerprint density at radius 3 is 2.77 bits per heavy atom. The molecule has 3 heterocycles. The van der Waals surface area contributed by atoms with Gasteiger partial charge in [0.15, 0.2) is 0 Å². The number of halogens is 1. The molecule has 0 saturated carbocycles. The third-order valence-corrected chi connectivity index (χ3v) is 8.71. The number of aromatic nitrogens is 3. The molecule has 1 aromatic carbocycles. The molecular weight excluding hydrogens is 517 g/mol. The highest BCUT2D eigenvalue weighted by atomic mass is 32.1. The van der Waals surface area contributed by atoms with Crippen molar-refractivity contribution in [2.45, 2.75) is 71.4 Å². The Labute approximate surface area is 232 Å². The van der Waals surface area contributed by atoms with E-state index in [4.69, 9.17) is 4.74 Å². The summed E-state index contributed by atoms with van der Waals surface area (Å²) in [6.07, 6.45) is 6.55. The van der Waals surface area contributed by atoms with Gasteiger partial charge in [-0.25, -0.2) is 9.49 Å². The van der Waals surface area contributed by atoms with Crippen LogP contribution in [-0.4, -0.2) is 51.7 Å². The van der Waals surface area contributed by atoms with Crippen LogP contribution < -0.4 is 14.9 Å². The third kappa shape index (κ3) is 6.73. The van der Waals surface area contributed by atoms with Gasteiger partial charge < -0.3 is 15.0 Å². The first kappa shape index (κ1) is 27.5. The molecule has 2 aromatic heterocycles. The van der Waals surface area contributed by atoms with Gasteiger partial charge in [0.25, 0.3) is 5.91 Å². The number of carbonyl (C=O) groups excluding carboxylic acids is 1. The number of nitrogens with one attached hydrogen (secondary N) is 2. The molecule has 0 bridgehead atoms. The molecule has 0 radical (unpaired) electrons. The first-order chi connectivity index (χ1) is 18.9. The first-order valence-corrected chi connectivity index (χ1v) is 14.7. The van der Waals surface area contributed by atoms with Crippen LogP contribution in [0, 0.1) is 18.7 Å². The number of fused-ring (bicyclic) bond motifs is 1. The molecule has 8 nitrogen and oxygen atoms in total. The lowest BCUT2D eigenvalue weighted by Gasteiger charge is -2.35. The fraction of sp³-hybridized carbons (Fsp3) is 0.517. The Kier molecular flexibility index (Phi) is 8.72. The number of piperidine rings is 1. The van der Waals surface area contributed by atoms with E-state index in [9.17, 15) is 9.59 Å². The molecule has 0 spiro atoms. The van der Waals surface area contributed by atoms with Crippen molar-refractivity contribution in [1.29, 1.82) is 0 Å². The maximum atomic E-state index is 15.2. The van der Waals surface area contributed by atoms with E-state index in [-0.39, 0.29) is 22.4 Å². The molecule has 208 valence electrons. The van der Waals surface area contributed by atoms with Gasteiger partial charge in [0.1, 0.15) is 23.2 Å². The van der Waals surface area contributed by atoms with Crippen LogP contribution in [0.2, 0.25) is 0 Å². The van der Waals surface area contributed by atoms with E-state index in [1.807, 2.05) is 13.0 Å². The molecular formula is C29H36FN5O3S. The van der Waals surface area contributed by atoms with Crippen LogP contribution in [0.1, 0.15) is 70.5 Å². The molecule has 3 aromatic rings. The van der Waals surface area contributed by atoms with Crippen molar-refractivity contribution in [3.63, 3.8) is 0 Å². The van der Waals surface area contributed by atoms with Crippen molar-refractivity contribution in [2.75, 3.05) is 19.6 Å². The zero-order valence-electron chi connectivity index (χ0n) is 22.6. The van der Waals surface area contributed by atoms with Crippen LogP contribution in [0.25, 0.3) is 0 Å². The minimum atomic E-state index is -0.623. The lowest BCUT2D eigenvalue weighted by Crippen LogP contribution is -2.46. The van der Waals surface area contributed by atoms with Gasteiger partial charge >= 0.3 is 4.87 Å². The first-order valence-electron chi connectivity index (χ1n) is 13.9. The second-order valence-corrected chi connectivity index (χ2v) is 11.6. The molecule has 5 rings (SSSR count). The molecule has 1 aliphatic carbocycles. The van der Waals surface area contributed by atoms with Gasteiger partial charge in [-0.2, -0.15) is 5.10 Å². The zero-order valence-corrected chi connectivity index (χ0v) is 23.4. The van der Waals surface area contributed by atoms with Crippen molar-refractivity contribution < 1.29 is 13.9 Å². The number of ether oxygens (including phenoxy) is 1. The van der Waals surface area contributed by atoms with Crippen molar-refractivity contribution in [1.82, 2.24) is 25.4 Å². The van der Waals surface area contributed by atoms with Gasteiger partial charge in [-0.3, -0.25) is 14.6 Å². The Morgan fingerprint density at radius 2 is 2.05 bits per heavy atom. The third-order valence-electron chi connectivity index (χ3n) is 7.94. The maximum Gasteiger partial charge on any atom is 0.322 e. The standard InChI is InChI=1S/C29H36FN5O3S/c1-3-35-12-10-19(11-13-35)26(16-27-33-34-29(37)39-27)32-28(36)23-9-8-21(15-24(23)30)38-17-20-14-18(2)31-25-7-5-4-6-22(20)25/h8-9,14-15,19,26H,3-7,10-13,16-17H2,1-2H3,(H,32,36)(H,34,37). The Hall–Kier alpha value is -3.11. The molecule has 1 atom stereocenters. The number of hydrogen-bond donors (Lipinski definition) is 2. The average Bonchev–Trinajstić information content (AvgIpc) is 3.35. The van der Waals surface area contributed by atoms with Crippen LogP contribution in [-0.2, 0) is 25.9 Å². The maximum absolute atomic E-state index is 15.2. The van der Waals surface area contributed by atoms with E-state index >= 15 is 4.39 Å². The predicted octanol–water partition coefficient (Wildman–Crippen LogP) is 4.20. The number of hydrogen-bond acceptors (Lipinski definition) is 7. The molecule has 1 unspecified atom stereocenters. The average molecular weight is 554 g/mol. The molecule has 2 N–H and O–H groups in total. The monoisotopic (exact) mass is 553 g/mol. The lowest BCUT2D eigenvalue weighted by molar-refractivity contribution is 0.0891. The molecule has 1 saturated heterocycles. The molecule has 1 fully saturated rings. The number of nitrogens with zero attached hydrogens (tertiary/aromatic N) is 3. The Balaban J connectivity index is 1.27. The SMILES string of the molecule is CCN1CCC(C(Cc2n[nH]c(=O)s2)NC(=O)c2ccc(OCc3cc(C)nc4c3CCCC4)cc2F)CC1. The summed E-state index contributed by atoms with van der Waals surface area (Å²) in [5.74, 6) is -0.491. The van der Waals surface area contributed by atoms with Crippen LogP contribution >= 0.6 is 11.3 Å². The van der Waals surface area contributed by atoms with E-state index in [2.05, 4.69) is 32.3 Å². The normalized spacial score (nSPS) is 17.0. The smallest absolute Gasteiger partial charge is 0.322 e. The van der Waals surface area contributed by atoms with Crippen molar-refractivity contribution in [3.05, 3.63) is 72.8 Å². The van der Waals surface area contributed by atoms with Crippen molar-refractivity contribution >= 4 is 17.2 Å². The van der Waals surface area contributed by atoms with Crippen LogP contribution in [0.3, 0.4) is 0 Å². The lowest BCUT2D eigenvalue weighted by atomic mass is 9.87. The van der Waals surface area contributed by atoms with Gasteiger partial charge in [0.2, 0.25) is 0 Å². The number of benzene rings is 1. The molecule has 2 aliphatic rings. The number of aromatic amines is 1. The van der Waals surface area contributed by atoms with E-state index < -0.39 is 11.7 Å². The summed E-state index contributed by atoms with van der Waals surface area (Å²) < 4.78 is 21.1. The number of carbonyl (C=O) groups is 1. The largest absolute Gasteiger partial charge is 0.489 e. The number of rotatable bonds is 9. The summed E-state index contributed by atoms with van der Waals surface area (Å²) in [6.45, 7) is 7.35. The fourth-order valence-electron chi connectivity index (χ4n) is 5.79. The van der Waals surface area contributed by atoms with E-state index in [1.165, 1.54) is 17.7 Å². The van der Waals surface area contributed by atoms with Crippen molar-refractivity contribution in [3.8, 4) is 5.75 Å². The molecule has 10 heteroatoms. The number of amides is 1. The van der Waals surface area contributed by atoms with Crippen molar-refractivity contribution in [2.24, 2.45) is 5.92 Å². The van der Waals surface area contributed by atoms with Gasteiger partial charge in [-0.1, -0.05) is 18.3 Å². The van der Waals surface area contributed by atoms with Crippen LogP contribution in [0.15, 0.2) is 29.1 Å².